The van der Waals surface area contributed by atoms with Gasteiger partial charge in [0, 0.05) is 18.5 Å². The zero-order valence-corrected chi connectivity index (χ0v) is 15.6. The first-order chi connectivity index (χ1) is 13.2. The molecule has 1 amide bonds. The molecule has 0 radical (unpaired) electrons. The lowest BCUT2D eigenvalue weighted by Gasteiger charge is -2.15. The van der Waals surface area contributed by atoms with Gasteiger partial charge in [-0.25, -0.2) is 0 Å². The van der Waals surface area contributed by atoms with Gasteiger partial charge >= 0.3 is 0 Å². The maximum absolute atomic E-state index is 12.1. The first kappa shape index (κ1) is 20.1. The number of methoxy groups -OCH3 is 1. The second-order valence-electron chi connectivity index (χ2n) is 5.95. The molecule has 0 aliphatic carbocycles. The highest BCUT2D eigenvalue weighted by molar-refractivity contribution is 5.91. The van der Waals surface area contributed by atoms with Gasteiger partial charge in [-0.1, -0.05) is 43.3 Å². The van der Waals surface area contributed by atoms with E-state index in [0.717, 1.165) is 12.0 Å². The van der Waals surface area contributed by atoms with E-state index in [-0.39, 0.29) is 12.5 Å². The van der Waals surface area contributed by atoms with Gasteiger partial charge in [0.1, 0.15) is 6.07 Å². The first-order valence-corrected chi connectivity index (χ1v) is 8.86. The van der Waals surface area contributed by atoms with Gasteiger partial charge in [0.25, 0.3) is 0 Å². The van der Waals surface area contributed by atoms with Gasteiger partial charge < -0.3 is 14.8 Å². The Labute approximate surface area is 160 Å². The molecule has 27 heavy (non-hydrogen) atoms. The highest BCUT2D eigenvalue weighted by Crippen LogP contribution is 2.28. The van der Waals surface area contributed by atoms with E-state index in [9.17, 15) is 4.79 Å². The quantitative estimate of drug-likeness (QED) is 0.685. The Bertz CT molecular complexity index is 810. The van der Waals surface area contributed by atoms with E-state index in [1.807, 2.05) is 24.3 Å². The van der Waals surface area contributed by atoms with Crippen LogP contribution in [0, 0.1) is 11.3 Å². The fraction of sp³-hybridized carbons (Fsp3) is 0.273. The summed E-state index contributed by atoms with van der Waals surface area (Å²) < 4.78 is 10.6. The molecule has 2 rings (SSSR count). The van der Waals surface area contributed by atoms with Crippen LogP contribution in [0.2, 0.25) is 0 Å². The van der Waals surface area contributed by atoms with Crippen molar-refractivity contribution < 1.29 is 14.3 Å². The minimum Gasteiger partial charge on any atom is -0.493 e. The maximum atomic E-state index is 12.1. The second-order valence-corrected chi connectivity index (χ2v) is 5.95. The van der Waals surface area contributed by atoms with Crippen LogP contribution >= 0.6 is 0 Å². The number of nitrogens with one attached hydrogen (secondary N) is 1. The number of carbonyl (C=O) groups excluding carboxylic acids is 1. The van der Waals surface area contributed by atoms with Crippen LogP contribution < -0.4 is 14.8 Å². The molecule has 0 spiro atoms. The van der Waals surface area contributed by atoms with Crippen LogP contribution in [0.15, 0.2) is 54.6 Å². The fourth-order valence-electron chi connectivity index (χ4n) is 2.69. The minimum absolute atomic E-state index is 0.0477. The van der Waals surface area contributed by atoms with Crippen LogP contribution in [0.25, 0.3) is 6.08 Å². The average molecular weight is 364 g/mol. The topological polar surface area (TPSA) is 71.3 Å². The normalized spacial score (nSPS) is 11.6. The summed E-state index contributed by atoms with van der Waals surface area (Å²) in [5.41, 5.74) is 2.03. The van der Waals surface area contributed by atoms with Crippen molar-refractivity contribution in [2.75, 3.05) is 20.3 Å². The molecule has 1 N–H and O–H groups in total. The third-order valence-electron chi connectivity index (χ3n) is 4.19. The average Bonchev–Trinajstić information content (AvgIpc) is 2.72. The van der Waals surface area contributed by atoms with Gasteiger partial charge in [0.2, 0.25) is 5.91 Å². The van der Waals surface area contributed by atoms with Crippen molar-refractivity contribution in [3.8, 4) is 17.6 Å². The van der Waals surface area contributed by atoms with Crippen molar-refractivity contribution in [2.24, 2.45) is 0 Å². The second kappa shape index (κ2) is 10.7. The number of nitrogens with zero attached hydrogens (tertiary/aromatic N) is 1. The van der Waals surface area contributed by atoms with Gasteiger partial charge in [-0.15, -0.1) is 0 Å². The zero-order chi connectivity index (χ0) is 19.5. The Morgan fingerprint density at radius 2 is 2.00 bits per heavy atom. The van der Waals surface area contributed by atoms with Gasteiger partial charge in [-0.3, -0.25) is 4.79 Å². The lowest BCUT2D eigenvalue weighted by atomic mass is 9.96. The molecule has 5 heteroatoms. The molecule has 0 aliphatic heterocycles. The molecule has 0 saturated heterocycles. The third-order valence-corrected chi connectivity index (χ3v) is 4.19. The van der Waals surface area contributed by atoms with Crippen molar-refractivity contribution in [2.45, 2.75) is 19.3 Å². The van der Waals surface area contributed by atoms with Crippen molar-refractivity contribution in [3.05, 3.63) is 65.7 Å². The van der Waals surface area contributed by atoms with E-state index in [1.54, 1.807) is 24.3 Å². The van der Waals surface area contributed by atoms with Crippen molar-refractivity contribution in [1.29, 1.82) is 5.26 Å². The molecule has 1 atom stereocenters. The van der Waals surface area contributed by atoms with Gasteiger partial charge in [0.15, 0.2) is 18.1 Å². The molecule has 0 bridgehead atoms. The molecule has 5 nitrogen and oxygen atoms in total. The van der Waals surface area contributed by atoms with Gasteiger partial charge in [-0.05, 0) is 35.8 Å². The summed E-state index contributed by atoms with van der Waals surface area (Å²) in [6.07, 6.45) is 4.17. The van der Waals surface area contributed by atoms with Crippen LogP contribution in [-0.4, -0.2) is 26.2 Å². The van der Waals surface area contributed by atoms with E-state index in [4.69, 9.17) is 14.7 Å². The molecule has 0 fully saturated rings. The molecule has 2 aromatic carbocycles. The predicted molar refractivity (Wildman–Crippen MR) is 106 cm³/mol. The number of ether oxygens (including phenoxy) is 2. The Balaban J connectivity index is 1.95. The largest absolute Gasteiger partial charge is 0.493 e. The number of rotatable bonds is 9. The van der Waals surface area contributed by atoms with E-state index >= 15 is 0 Å². The molecular formula is C22H24N2O3. The SMILES string of the molecule is CCC(CNC(=O)/C=C/c1ccc(OCC#N)c(OC)c1)c1ccccc1. The zero-order valence-electron chi connectivity index (χ0n) is 15.6. The molecule has 0 aliphatic rings. The summed E-state index contributed by atoms with van der Waals surface area (Å²) in [4.78, 5) is 12.1. The van der Waals surface area contributed by atoms with Gasteiger partial charge in [-0.2, -0.15) is 5.26 Å². The molecule has 1 unspecified atom stereocenters. The lowest BCUT2D eigenvalue weighted by Crippen LogP contribution is -2.26. The number of benzene rings is 2. The van der Waals surface area contributed by atoms with Crippen LogP contribution in [0.3, 0.4) is 0 Å². The number of amides is 1. The number of hydrogen-bond donors (Lipinski definition) is 1. The molecule has 0 saturated carbocycles. The predicted octanol–water partition coefficient (Wildman–Crippen LogP) is 3.92. The summed E-state index contributed by atoms with van der Waals surface area (Å²) in [6.45, 7) is 2.66. The molecule has 140 valence electrons. The molecule has 0 heterocycles. The Hall–Kier alpha value is -3.26. The highest BCUT2D eigenvalue weighted by Gasteiger charge is 2.10. The van der Waals surface area contributed by atoms with E-state index < -0.39 is 0 Å². The Morgan fingerprint density at radius 1 is 1.22 bits per heavy atom. The summed E-state index contributed by atoms with van der Waals surface area (Å²) in [5, 5.41) is 11.6. The summed E-state index contributed by atoms with van der Waals surface area (Å²) in [5.74, 6) is 1.16. The van der Waals surface area contributed by atoms with E-state index in [2.05, 4.69) is 24.4 Å². The minimum atomic E-state index is -0.145. The van der Waals surface area contributed by atoms with Crippen molar-refractivity contribution in [1.82, 2.24) is 5.32 Å². The Morgan fingerprint density at radius 3 is 2.67 bits per heavy atom. The first-order valence-electron chi connectivity index (χ1n) is 8.86. The Kier molecular flexibility index (Phi) is 7.92. The van der Waals surface area contributed by atoms with Crippen LogP contribution in [-0.2, 0) is 4.79 Å². The highest BCUT2D eigenvalue weighted by atomic mass is 16.5. The number of nitriles is 1. The number of hydrogen-bond acceptors (Lipinski definition) is 4. The molecular weight excluding hydrogens is 340 g/mol. The van der Waals surface area contributed by atoms with E-state index in [1.165, 1.54) is 18.7 Å². The lowest BCUT2D eigenvalue weighted by molar-refractivity contribution is -0.116. The fourth-order valence-corrected chi connectivity index (χ4v) is 2.69. The van der Waals surface area contributed by atoms with Crippen LogP contribution in [0.4, 0.5) is 0 Å². The smallest absolute Gasteiger partial charge is 0.244 e. The third kappa shape index (κ3) is 6.19. The summed E-state index contributed by atoms with van der Waals surface area (Å²) in [7, 11) is 1.53. The molecule has 0 aromatic heterocycles. The number of carbonyl (C=O) groups is 1. The molecule has 2 aromatic rings. The summed E-state index contributed by atoms with van der Waals surface area (Å²) in [6, 6.07) is 17.4. The van der Waals surface area contributed by atoms with Gasteiger partial charge in [0.05, 0.1) is 7.11 Å². The summed E-state index contributed by atoms with van der Waals surface area (Å²) >= 11 is 0. The van der Waals surface area contributed by atoms with Crippen molar-refractivity contribution >= 4 is 12.0 Å². The standard InChI is InChI=1S/C22H24N2O3/c1-3-18(19-7-5-4-6-8-19)16-24-22(25)12-10-17-9-11-20(27-14-13-23)21(15-17)26-2/h4-12,15,18H,3,14,16H2,1-2H3,(H,24,25)/b12-10+. The van der Waals surface area contributed by atoms with E-state index in [0.29, 0.717) is 24.0 Å². The van der Waals surface area contributed by atoms with Crippen molar-refractivity contribution in [3.63, 3.8) is 0 Å². The maximum Gasteiger partial charge on any atom is 0.244 e. The van der Waals surface area contributed by atoms with Crippen LogP contribution in [0.5, 0.6) is 11.5 Å². The monoisotopic (exact) mass is 364 g/mol. The van der Waals surface area contributed by atoms with Crippen LogP contribution in [0.1, 0.15) is 30.4 Å².